The van der Waals surface area contributed by atoms with E-state index in [1.807, 2.05) is 13.8 Å². The number of hydrogen-bond acceptors (Lipinski definition) is 6. The number of esters is 1. The molecule has 0 bridgehead atoms. The molecule has 1 atom stereocenters. The van der Waals surface area contributed by atoms with Crippen LogP contribution in [0, 0.1) is 5.92 Å². The number of amides is 1. The number of nitrogens with two attached hydrogens (primary N) is 1. The predicted octanol–water partition coefficient (Wildman–Crippen LogP) is 0.450. The number of anilines is 1. The maximum absolute atomic E-state index is 11.7. The van der Waals surface area contributed by atoms with Gasteiger partial charge in [-0.05, 0) is 37.1 Å². The first kappa shape index (κ1) is 19.9. The SMILES string of the molecule is CC(C)CNC(=O)[C@@H](C)OC(=O)CNc1ccc(S(N)(=O)=O)cc1. The maximum Gasteiger partial charge on any atom is 0.326 e. The molecule has 0 spiro atoms. The summed E-state index contributed by atoms with van der Waals surface area (Å²) in [4.78, 5) is 23.4. The highest BCUT2D eigenvalue weighted by Crippen LogP contribution is 2.12. The summed E-state index contributed by atoms with van der Waals surface area (Å²) in [6.07, 6.45) is -0.886. The highest BCUT2D eigenvalue weighted by atomic mass is 32.2. The van der Waals surface area contributed by atoms with Gasteiger partial charge in [0.15, 0.2) is 6.10 Å². The number of primary sulfonamides is 1. The fourth-order valence-electron chi connectivity index (χ4n) is 1.68. The Kier molecular flexibility index (Phi) is 7.18. The molecule has 24 heavy (non-hydrogen) atoms. The number of benzene rings is 1. The van der Waals surface area contributed by atoms with Crippen LogP contribution in [-0.2, 0) is 24.3 Å². The number of nitrogens with one attached hydrogen (secondary N) is 2. The van der Waals surface area contributed by atoms with E-state index in [4.69, 9.17) is 9.88 Å². The number of hydrogen-bond donors (Lipinski definition) is 3. The summed E-state index contributed by atoms with van der Waals surface area (Å²) in [7, 11) is -3.75. The zero-order chi connectivity index (χ0) is 18.3. The largest absolute Gasteiger partial charge is 0.451 e. The van der Waals surface area contributed by atoms with Crippen LogP contribution in [0.3, 0.4) is 0 Å². The van der Waals surface area contributed by atoms with Crippen LogP contribution in [0.1, 0.15) is 20.8 Å². The summed E-state index contributed by atoms with van der Waals surface area (Å²) in [6.45, 7) is 5.77. The molecule has 0 aromatic heterocycles. The zero-order valence-electron chi connectivity index (χ0n) is 13.9. The van der Waals surface area contributed by atoms with E-state index in [-0.39, 0.29) is 17.3 Å². The van der Waals surface area contributed by atoms with Gasteiger partial charge in [0.1, 0.15) is 6.54 Å². The Hall–Kier alpha value is -2.13. The summed E-state index contributed by atoms with van der Waals surface area (Å²) in [5, 5.41) is 10.4. The normalized spacial score (nSPS) is 12.5. The van der Waals surface area contributed by atoms with Crippen LogP contribution in [0.5, 0.6) is 0 Å². The van der Waals surface area contributed by atoms with Gasteiger partial charge in [-0.2, -0.15) is 0 Å². The minimum Gasteiger partial charge on any atom is -0.451 e. The molecule has 0 saturated carbocycles. The summed E-state index contributed by atoms with van der Waals surface area (Å²) in [6, 6.07) is 5.60. The lowest BCUT2D eigenvalue weighted by molar-refractivity contribution is -0.153. The van der Waals surface area contributed by atoms with Gasteiger partial charge in [0, 0.05) is 12.2 Å². The van der Waals surface area contributed by atoms with E-state index in [1.165, 1.54) is 31.2 Å². The van der Waals surface area contributed by atoms with Gasteiger partial charge >= 0.3 is 5.97 Å². The number of carbonyl (C=O) groups excluding carboxylic acids is 2. The lowest BCUT2D eigenvalue weighted by Crippen LogP contribution is -2.38. The molecule has 0 unspecified atom stereocenters. The molecular weight excluding hydrogens is 334 g/mol. The molecule has 4 N–H and O–H groups in total. The van der Waals surface area contributed by atoms with Crippen LogP contribution >= 0.6 is 0 Å². The Balaban J connectivity index is 2.44. The van der Waals surface area contributed by atoms with Crippen LogP contribution in [0.2, 0.25) is 0 Å². The van der Waals surface area contributed by atoms with Crippen molar-refractivity contribution in [3.8, 4) is 0 Å². The number of ether oxygens (including phenoxy) is 1. The van der Waals surface area contributed by atoms with E-state index in [0.717, 1.165) is 0 Å². The predicted molar refractivity (Wildman–Crippen MR) is 89.7 cm³/mol. The van der Waals surface area contributed by atoms with Crippen LogP contribution in [0.25, 0.3) is 0 Å². The molecule has 0 aliphatic carbocycles. The monoisotopic (exact) mass is 357 g/mol. The molecule has 134 valence electrons. The molecule has 1 rings (SSSR count). The second-order valence-electron chi connectivity index (χ2n) is 5.69. The molecule has 1 aromatic rings. The quantitative estimate of drug-likeness (QED) is 0.580. The molecule has 8 nitrogen and oxygen atoms in total. The second-order valence-corrected chi connectivity index (χ2v) is 7.26. The van der Waals surface area contributed by atoms with Crippen molar-refractivity contribution in [2.75, 3.05) is 18.4 Å². The van der Waals surface area contributed by atoms with Gasteiger partial charge in [-0.3, -0.25) is 9.59 Å². The Labute approximate surface area is 141 Å². The van der Waals surface area contributed by atoms with Crippen LogP contribution < -0.4 is 15.8 Å². The minimum absolute atomic E-state index is 0.0222. The van der Waals surface area contributed by atoms with Gasteiger partial charge in [-0.1, -0.05) is 13.8 Å². The van der Waals surface area contributed by atoms with E-state index in [9.17, 15) is 18.0 Å². The van der Waals surface area contributed by atoms with Crippen molar-refractivity contribution in [3.05, 3.63) is 24.3 Å². The van der Waals surface area contributed by atoms with Crippen molar-refractivity contribution >= 4 is 27.6 Å². The third-order valence-electron chi connectivity index (χ3n) is 2.98. The topological polar surface area (TPSA) is 128 Å². The lowest BCUT2D eigenvalue weighted by Gasteiger charge is -2.15. The first-order valence-corrected chi connectivity index (χ1v) is 8.98. The maximum atomic E-state index is 11.7. The first-order chi connectivity index (χ1) is 11.1. The first-order valence-electron chi connectivity index (χ1n) is 7.43. The van der Waals surface area contributed by atoms with E-state index in [1.54, 1.807) is 0 Å². The molecule has 0 aliphatic heterocycles. The zero-order valence-corrected chi connectivity index (χ0v) is 14.7. The van der Waals surface area contributed by atoms with Crippen molar-refractivity contribution in [1.29, 1.82) is 0 Å². The van der Waals surface area contributed by atoms with Gasteiger partial charge in [-0.15, -0.1) is 0 Å². The Bertz CT molecular complexity index is 671. The molecule has 1 amide bonds. The lowest BCUT2D eigenvalue weighted by atomic mass is 10.2. The van der Waals surface area contributed by atoms with Gasteiger partial charge in [-0.25, -0.2) is 13.6 Å². The summed E-state index contributed by atoms with van der Waals surface area (Å²) >= 11 is 0. The molecule has 0 saturated heterocycles. The minimum atomic E-state index is -3.75. The Morgan fingerprint density at radius 2 is 1.75 bits per heavy atom. The molecular formula is C15H23N3O5S. The number of rotatable bonds is 8. The second kappa shape index (κ2) is 8.65. The molecule has 9 heteroatoms. The van der Waals surface area contributed by atoms with E-state index in [2.05, 4.69) is 10.6 Å². The van der Waals surface area contributed by atoms with Gasteiger partial charge < -0.3 is 15.4 Å². The standard InChI is InChI=1S/C15H23N3O5S/c1-10(2)8-18-15(20)11(3)23-14(19)9-17-12-4-6-13(7-5-12)24(16,21)22/h4-7,10-11,17H,8-9H2,1-3H3,(H,18,20)(H2,16,21,22)/t11-/m1/s1. The fraction of sp³-hybridized carbons (Fsp3) is 0.467. The third kappa shape index (κ3) is 6.97. The Morgan fingerprint density at radius 1 is 1.17 bits per heavy atom. The highest BCUT2D eigenvalue weighted by Gasteiger charge is 2.17. The number of sulfonamides is 1. The van der Waals surface area contributed by atoms with Crippen LogP contribution in [-0.4, -0.2) is 39.5 Å². The van der Waals surface area contributed by atoms with E-state index < -0.39 is 22.1 Å². The molecule has 0 aliphatic rings. The van der Waals surface area contributed by atoms with Gasteiger partial charge in [0.25, 0.3) is 5.91 Å². The van der Waals surface area contributed by atoms with Crippen LogP contribution in [0.15, 0.2) is 29.2 Å². The summed E-state index contributed by atoms with van der Waals surface area (Å²) < 4.78 is 27.3. The smallest absolute Gasteiger partial charge is 0.326 e. The molecule has 0 radical (unpaired) electrons. The molecule has 0 heterocycles. The van der Waals surface area contributed by atoms with Crippen molar-refractivity contribution in [2.45, 2.75) is 31.8 Å². The summed E-state index contributed by atoms with van der Waals surface area (Å²) in [5.74, 6) is -0.647. The van der Waals surface area contributed by atoms with Crippen molar-refractivity contribution < 1.29 is 22.7 Å². The average molecular weight is 357 g/mol. The van der Waals surface area contributed by atoms with Crippen molar-refractivity contribution in [1.82, 2.24) is 5.32 Å². The van der Waals surface area contributed by atoms with E-state index in [0.29, 0.717) is 18.2 Å². The summed E-state index contributed by atoms with van der Waals surface area (Å²) in [5.41, 5.74) is 0.524. The van der Waals surface area contributed by atoms with Crippen molar-refractivity contribution in [2.24, 2.45) is 11.1 Å². The molecule has 1 aromatic carbocycles. The Morgan fingerprint density at radius 3 is 2.25 bits per heavy atom. The third-order valence-corrected chi connectivity index (χ3v) is 3.91. The van der Waals surface area contributed by atoms with Crippen molar-refractivity contribution in [3.63, 3.8) is 0 Å². The fourth-order valence-corrected chi connectivity index (χ4v) is 2.19. The highest BCUT2D eigenvalue weighted by molar-refractivity contribution is 7.89. The van der Waals surface area contributed by atoms with Gasteiger partial charge in [0.05, 0.1) is 4.90 Å². The molecule has 0 fully saturated rings. The average Bonchev–Trinajstić information content (AvgIpc) is 2.50. The van der Waals surface area contributed by atoms with E-state index >= 15 is 0 Å². The van der Waals surface area contributed by atoms with Crippen LogP contribution in [0.4, 0.5) is 5.69 Å². The number of carbonyl (C=O) groups is 2. The van der Waals surface area contributed by atoms with Gasteiger partial charge in [0.2, 0.25) is 10.0 Å².